The first-order valence-electron chi connectivity index (χ1n) is 10.4. The largest absolute Gasteiger partial charge is 0.454 e. The number of carbonyl (C=O) groups is 1. The molecule has 2 heterocycles. The maximum atomic E-state index is 13.4. The van der Waals surface area contributed by atoms with Crippen LogP contribution in [0.1, 0.15) is 22.3 Å². The van der Waals surface area contributed by atoms with Crippen molar-refractivity contribution in [3.8, 4) is 11.5 Å². The lowest BCUT2D eigenvalue weighted by atomic mass is 10.1. The predicted molar refractivity (Wildman–Crippen MR) is 127 cm³/mol. The van der Waals surface area contributed by atoms with Crippen LogP contribution in [-0.4, -0.2) is 22.8 Å². The Bertz CT molecular complexity index is 1210. The number of thioether (sulfide) groups is 1. The van der Waals surface area contributed by atoms with Gasteiger partial charge in [-0.25, -0.2) is 0 Å². The summed E-state index contributed by atoms with van der Waals surface area (Å²) in [5.74, 6) is 1.41. The Hall–Kier alpha value is -3.51. The van der Waals surface area contributed by atoms with Crippen molar-refractivity contribution in [3.63, 3.8) is 0 Å². The zero-order valence-electron chi connectivity index (χ0n) is 17.7. The molecule has 0 atom stereocenters. The number of fused-ring (bicyclic) bond motifs is 1. The second kappa shape index (κ2) is 8.93. The average Bonchev–Trinajstić information content (AvgIpc) is 3.38. The van der Waals surface area contributed by atoms with Crippen LogP contribution in [0.25, 0.3) is 6.08 Å². The lowest BCUT2D eigenvalue weighted by Gasteiger charge is -2.15. The summed E-state index contributed by atoms with van der Waals surface area (Å²) in [5, 5.41) is 0.715. The number of aliphatic imine (C=N–C) groups is 1. The van der Waals surface area contributed by atoms with Gasteiger partial charge >= 0.3 is 0 Å². The Morgan fingerprint density at radius 3 is 2.34 bits per heavy atom. The van der Waals surface area contributed by atoms with E-state index in [-0.39, 0.29) is 12.7 Å². The summed E-state index contributed by atoms with van der Waals surface area (Å²) in [4.78, 5) is 20.6. The van der Waals surface area contributed by atoms with Gasteiger partial charge < -0.3 is 9.47 Å². The zero-order chi connectivity index (χ0) is 21.9. The van der Waals surface area contributed by atoms with Crippen LogP contribution in [0.3, 0.4) is 0 Å². The summed E-state index contributed by atoms with van der Waals surface area (Å²) in [6.07, 6.45) is 1.92. The van der Waals surface area contributed by atoms with Gasteiger partial charge in [0.15, 0.2) is 16.7 Å². The Balaban J connectivity index is 1.47. The van der Waals surface area contributed by atoms with E-state index in [1.807, 2.05) is 85.8 Å². The third-order valence-corrected chi connectivity index (χ3v) is 6.40. The average molecular weight is 443 g/mol. The highest BCUT2D eigenvalue weighted by molar-refractivity contribution is 8.18. The Morgan fingerprint density at radius 2 is 1.62 bits per heavy atom. The van der Waals surface area contributed by atoms with Gasteiger partial charge in [-0.2, -0.15) is 0 Å². The number of benzene rings is 3. The first kappa shape index (κ1) is 20.4. The molecule has 0 N–H and O–H groups in total. The molecule has 1 fully saturated rings. The van der Waals surface area contributed by atoms with Gasteiger partial charge in [-0.1, -0.05) is 60.7 Å². The standard InChI is InChI=1S/C26H22N2O3S/c1-18-12-22-23(31-17-30-22)13-21(18)14-24-25(29)28(16-20-10-6-3-7-11-20)26(32-24)27-15-19-8-4-2-5-9-19/h2-14H,15-17H2,1H3/b24-14-,27-26?. The highest BCUT2D eigenvalue weighted by atomic mass is 32.2. The van der Waals surface area contributed by atoms with Crippen LogP contribution in [0.2, 0.25) is 0 Å². The van der Waals surface area contributed by atoms with Crippen LogP contribution in [0, 0.1) is 6.92 Å². The highest BCUT2D eigenvalue weighted by Crippen LogP contribution is 2.38. The van der Waals surface area contributed by atoms with Crippen LogP contribution in [-0.2, 0) is 17.9 Å². The summed E-state index contributed by atoms with van der Waals surface area (Å²) in [7, 11) is 0. The van der Waals surface area contributed by atoms with Crippen LogP contribution in [0.4, 0.5) is 0 Å². The number of nitrogens with zero attached hydrogens (tertiary/aromatic N) is 2. The second-order valence-electron chi connectivity index (χ2n) is 7.63. The number of aryl methyl sites for hydroxylation is 1. The van der Waals surface area contributed by atoms with Crippen molar-refractivity contribution in [2.75, 3.05) is 6.79 Å². The topological polar surface area (TPSA) is 51.1 Å². The van der Waals surface area contributed by atoms with Crippen LogP contribution in [0.15, 0.2) is 82.7 Å². The minimum absolute atomic E-state index is 0.0391. The third kappa shape index (κ3) is 4.27. The quantitative estimate of drug-likeness (QED) is 0.497. The SMILES string of the molecule is Cc1cc2c(cc1/C=C1\SC(=NCc3ccccc3)N(Cc3ccccc3)C1=O)OCO2. The summed E-state index contributed by atoms with van der Waals surface area (Å²) < 4.78 is 11.0. The molecule has 5 rings (SSSR count). The molecular weight excluding hydrogens is 420 g/mol. The third-order valence-electron chi connectivity index (χ3n) is 5.36. The molecule has 2 aliphatic rings. The van der Waals surface area contributed by atoms with E-state index in [0.717, 1.165) is 28.0 Å². The molecule has 0 aromatic heterocycles. The van der Waals surface area contributed by atoms with Crippen molar-refractivity contribution in [2.24, 2.45) is 4.99 Å². The first-order chi connectivity index (χ1) is 15.7. The predicted octanol–water partition coefficient (Wildman–Crippen LogP) is 5.40. The molecular formula is C26H22N2O3S. The molecule has 0 spiro atoms. The summed E-state index contributed by atoms with van der Waals surface area (Å²) in [6.45, 7) is 3.24. The highest BCUT2D eigenvalue weighted by Gasteiger charge is 2.33. The van der Waals surface area contributed by atoms with Gasteiger partial charge in [-0.15, -0.1) is 0 Å². The van der Waals surface area contributed by atoms with Crippen molar-refractivity contribution in [2.45, 2.75) is 20.0 Å². The Morgan fingerprint density at radius 1 is 0.969 bits per heavy atom. The smallest absolute Gasteiger partial charge is 0.267 e. The second-order valence-corrected chi connectivity index (χ2v) is 8.64. The number of carbonyl (C=O) groups excluding carboxylic acids is 1. The molecule has 0 radical (unpaired) electrons. The van der Waals surface area contributed by atoms with Gasteiger partial charge in [-0.3, -0.25) is 14.7 Å². The zero-order valence-corrected chi connectivity index (χ0v) is 18.5. The fraction of sp³-hybridized carbons (Fsp3) is 0.154. The van der Waals surface area contributed by atoms with E-state index in [0.29, 0.717) is 28.9 Å². The summed E-state index contributed by atoms with van der Waals surface area (Å²) in [5.41, 5.74) is 4.14. The van der Waals surface area contributed by atoms with Crippen molar-refractivity contribution in [1.82, 2.24) is 4.90 Å². The minimum atomic E-state index is -0.0391. The maximum absolute atomic E-state index is 13.4. The monoisotopic (exact) mass is 442 g/mol. The maximum Gasteiger partial charge on any atom is 0.267 e. The minimum Gasteiger partial charge on any atom is -0.454 e. The van der Waals surface area contributed by atoms with E-state index in [2.05, 4.69) is 0 Å². The summed E-state index contributed by atoms with van der Waals surface area (Å²) >= 11 is 1.42. The van der Waals surface area contributed by atoms with Gasteiger partial charge in [0.05, 0.1) is 18.0 Å². The van der Waals surface area contributed by atoms with E-state index in [1.165, 1.54) is 11.8 Å². The van der Waals surface area contributed by atoms with Crippen LogP contribution >= 0.6 is 11.8 Å². The van der Waals surface area contributed by atoms with E-state index in [4.69, 9.17) is 14.5 Å². The number of hydrogen-bond acceptors (Lipinski definition) is 5. The fourth-order valence-electron chi connectivity index (χ4n) is 3.63. The molecule has 6 heteroatoms. The molecule has 0 saturated carbocycles. The molecule has 0 bridgehead atoms. The fourth-order valence-corrected chi connectivity index (χ4v) is 4.60. The first-order valence-corrected chi connectivity index (χ1v) is 11.2. The van der Waals surface area contributed by atoms with E-state index >= 15 is 0 Å². The van der Waals surface area contributed by atoms with Gasteiger partial charge in [-0.05, 0) is 59.1 Å². The van der Waals surface area contributed by atoms with E-state index in [1.54, 1.807) is 4.90 Å². The normalized spacial score (nSPS) is 17.5. The van der Waals surface area contributed by atoms with Crippen LogP contribution in [0.5, 0.6) is 11.5 Å². The molecule has 0 unspecified atom stereocenters. The molecule has 1 saturated heterocycles. The van der Waals surface area contributed by atoms with Gasteiger partial charge in [0, 0.05) is 0 Å². The molecule has 5 nitrogen and oxygen atoms in total. The Labute approximate surface area is 191 Å². The lowest BCUT2D eigenvalue weighted by Crippen LogP contribution is -2.28. The number of amidine groups is 1. The molecule has 3 aromatic carbocycles. The number of amides is 1. The van der Waals surface area contributed by atoms with Gasteiger partial charge in [0.2, 0.25) is 6.79 Å². The summed E-state index contributed by atoms with van der Waals surface area (Å²) in [6, 6.07) is 23.9. The molecule has 3 aromatic rings. The Kier molecular flexibility index (Phi) is 5.69. The van der Waals surface area contributed by atoms with Crippen molar-refractivity contribution < 1.29 is 14.3 Å². The van der Waals surface area contributed by atoms with Crippen LogP contribution < -0.4 is 9.47 Å². The van der Waals surface area contributed by atoms with Crippen molar-refractivity contribution in [1.29, 1.82) is 0 Å². The van der Waals surface area contributed by atoms with Crippen molar-refractivity contribution >= 4 is 28.9 Å². The van der Waals surface area contributed by atoms with E-state index < -0.39 is 0 Å². The molecule has 2 aliphatic heterocycles. The number of rotatable bonds is 5. The molecule has 0 aliphatic carbocycles. The van der Waals surface area contributed by atoms with Gasteiger partial charge in [0.25, 0.3) is 5.91 Å². The molecule has 1 amide bonds. The molecule has 160 valence electrons. The number of ether oxygens (including phenoxy) is 2. The van der Waals surface area contributed by atoms with Gasteiger partial charge in [0.1, 0.15) is 0 Å². The number of hydrogen-bond donors (Lipinski definition) is 0. The lowest BCUT2D eigenvalue weighted by molar-refractivity contribution is -0.122. The van der Waals surface area contributed by atoms with E-state index in [9.17, 15) is 4.79 Å². The van der Waals surface area contributed by atoms with Crippen molar-refractivity contribution in [3.05, 3.63) is 100.0 Å². The molecule has 32 heavy (non-hydrogen) atoms.